The van der Waals surface area contributed by atoms with Gasteiger partial charge in [0, 0.05) is 32.7 Å². The molecule has 0 spiro atoms. The Kier molecular flexibility index (Phi) is 1490. The Labute approximate surface area is 81.3 Å². The molecular weight excluding hydrogens is 173 g/mol. The molecule has 0 nitrogen and oxygen atoms in total. The van der Waals surface area contributed by atoms with E-state index in [1.165, 1.54) is 0 Å². The van der Waals surface area contributed by atoms with E-state index in [4.69, 9.17) is 0 Å². The van der Waals surface area contributed by atoms with Crippen LogP contribution in [0.5, 0.6) is 0 Å². The molecule has 0 aliphatic heterocycles. The van der Waals surface area contributed by atoms with Gasteiger partial charge in [0.15, 0.2) is 0 Å². The molecule has 0 aliphatic carbocycles. The first kappa shape index (κ1) is 35.5. The summed E-state index contributed by atoms with van der Waals surface area (Å²) in [6.07, 6.45) is 0. The van der Waals surface area contributed by atoms with Gasteiger partial charge in [-0.3, -0.25) is 0 Å². The zero-order valence-corrected chi connectivity index (χ0v) is 9.54. The second-order valence-electron chi connectivity index (χ2n) is 0. The summed E-state index contributed by atoms with van der Waals surface area (Å²) in [6.45, 7) is 15.0. The Balaban J connectivity index is -0.00000000500. The van der Waals surface area contributed by atoms with Crippen LogP contribution in [0.3, 0.4) is 0 Å². The Morgan fingerprint density at radius 2 is 0.625 bits per heavy atom. The molecule has 0 saturated carbocycles. The molecule has 0 aromatic heterocycles. The first-order valence-electron chi connectivity index (χ1n) is 2.12. The van der Waals surface area contributed by atoms with Crippen LogP contribution >= 0.6 is 0 Å². The molecule has 0 heterocycles. The van der Waals surface area contributed by atoms with Crippen molar-refractivity contribution in [3.05, 3.63) is 28.2 Å². The van der Waals surface area contributed by atoms with Crippen LogP contribution < -0.4 is 0 Å². The molecule has 0 fully saturated rings. The number of hydrogen-bond acceptors (Lipinski definition) is 0. The van der Waals surface area contributed by atoms with Crippen LogP contribution in [0.25, 0.3) is 0 Å². The van der Waals surface area contributed by atoms with Crippen LogP contribution in [-0.2, 0) is 32.7 Å². The van der Waals surface area contributed by atoms with Gasteiger partial charge < -0.3 is 28.2 Å². The first-order chi connectivity index (χ1) is 3.00. The third-order valence-corrected chi connectivity index (χ3v) is 0. The molecule has 0 rings (SSSR count). The van der Waals surface area contributed by atoms with Gasteiger partial charge in [-0.2, -0.15) is 20.8 Å². The molecule has 0 aliphatic rings. The molecule has 0 amide bonds. The Hall–Kier alpha value is 1.10. The van der Waals surface area contributed by atoms with Crippen LogP contribution in [0.4, 0.5) is 0 Å². The van der Waals surface area contributed by atoms with Crippen molar-refractivity contribution in [3.8, 4) is 0 Å². The molecule has 0 aromatic carbocycles. The third kappa shape index (κ3) is 217. The van der Waals surface area contributed by atoms with E-state index in [1.807, 2.05) is 0 Å². The zero-order chi connectivity index (χ0) is 6.00. The number of hydrogen-bond donors (Lipinski definition) is 0. The van der Waals surface area contributed by atoms with Crippen LogP contribution in [0.15, 0.2) is 0 Å². The van der Waals surface area contributed by atoms with Crippen molar-refractivity contribution in [1.82, 2.24) is 0 Å². The fraction of sp³-hybridized carbons (Fsp3) is 0.429. The fourth-order valence-corrected chi connectivity index (χ4v) is 0. The van der Waals surface area contributed by atoms with Crippen molar-refractivity contribution in [2.45, 2.75) is 20.8 Å². The van der Waals surface area contributed by atoms with Crippen molar-refractivity contribution in [2.75, 3.05) is 0 Å². The summed E-state index contributed by atoms with van der Waals surface area (Å²) in [5, 5.41) is 0. The summed E-state index contributed by atoms with van der Waals surface area (Å²) in [6, 6.07) is 0. The molecule has 8 heavy (non-hydrogen) atoms. The molecule has 0 N–H and O–H groups in total. The minimum absolute atomic E-state index is 0. The molecule has 1 radical (unpaired) electrons. The van der Waals surface area contributed by atoms with Crippen LogP contribution in [0, 0.1) is 28.2 Å². The summed E-state index contributed by atoms with van der Waals surface area (Å²) < 4.78 is 0. The van der Waals surface area contributed by atoms with E-state index >= 15 is 0 Å². The van der Waals surface area contributed by atoms with E-state index < -0.39 is 0 Å². The molecular formula is C7H18Y-4. The standard InChI is InChI=1S/3C2H5.CH3.Y/c3*1-2;;/h3*1H2,2H3;1H3;/q4*-1;. The van der Waals surface area contributed by atoms with Crippen molar-refractivity contribution < 1.29 is 32.7 Å². The first-order valence-corrected chi connectivity index (χ1v) is 2.12. The Morgan fingerprint density at radius 1 is 0.625 bits per heavy atom. The van der Waals surface area contributed by atoms with Crippen molar-refractivity contribution >= 4 is 0 Å². The molecule has 1 heteroatoms. The molecule has 0 unspecified atom stereocenters. The summed E-state index contributed by atoms with van der Waals surface area (Å²) in [5.41, 5.74) is 0. The maximum Gasteiger partial charge on any atom is 0 e. The minimum atomic E-state index is 0. The summed E-state index contributed by atoms with van der Waals surface area (Å²) in [7, 11) is 0. The fourth-order valence-electron chi connectivity index (χ4n) is 0. The molecule has 53 valence electrons. The average Bonchev–Trinajstić information content (AvgIpc) is 1.81. The molecule has 0 saturated heterocycles. The van der Waals surface area contributed by atoms with E-state index in [-0.39, 0.29) is 40.1 Å². The van der Waals surface area contributed by atoms with E-state index in [2.05, 4.69) is 20.8 Å². The zero-order valence-electron chi connectivity index (χ0n) is 6.70. The maximum atomic E-state index is 3.25. The predicted molar refractivity (Wildman–Crippen MR) is 39.5 cm³/mol. The monoisotopic (exact) mass is 191 g/mol. The molecule has 0 atom stereocenters. The average molecular weight is 191 g/mol. The Morgan fingerprint density at radius 3 is 0.625 bits per heavy atom. The van der Waals surface area contributed by atoms with Gasteiger partial charge in [0.25, 0.3) is 0 Å². The largest absolute Gasteiger partial charge is 0.358 e. The van der Waals surface area contributed by atoms with Crippen molar-refractivity contribution in [1.29, 1.82) is 0 Å². The van der Waals surface area contributed by atoms with Gasteiger partial charge in [0.05, 0.1) is 0 Å². The summed E-state index contributed by atoms with van der Waals surface area (Å²) in [4.78, 5) is 0. The third-order valence-electron chi connectivity index (χ3n) is 0. The quantitative estimate of drug-likeness (QED) is 0.516. The minimum Gasteiger partial charge on any atom is -0.358 e. The van der Waals surface area contributed by atoms with Gasteiger partial charge in [-0.05, 0) is 0 Å². The normalized spacial score (nSPS) is 2.25. The van der Waals surface area contributed by atoms with Crippen molar-refractivity contribution in [3.63, 3.8) is 0 Å². The maximum absolute atomic E-state index is 3.25. The van der Waals surface area contributed by atoms with Gasteiger partial charge in [-0.25, -0.2) is 0 Å². The van der Waals surface area contributed by atoms with Crippen molar-refractivity contribution in [2.24, 2.45) is 0 Å². The van der Waals surface area contributed by atoms with Gasteiger partial charge in [0.2, 0.25) is 0 Å². The topological polar surface area (TPSA) is 0 Å². The SMILES string of the molecule is [CH2-]C.[CH2-]C.[CH2-]C.[CH3-].[Y]. The predicted octanol–water partition coefficient (Wildman–Crippen LogP) is 2.97. The summed E-state index contributed by atoms with van der Waals surface area (Å²) >= 11 is 0. The molecule has 0 aromatic rings. The van der Waals surface area contributed by atoms with E-state index in [9.17, 15) is 0 Å². The van der Waals surface area contributed by atoms with Crippen LogP contribution in [0.2, 0.25) is 0 Å². The number of rotatable bonds is 0. The van der Waals surface area contributed by atoms with Gasteiger partial charge in [-0.15, -0.1) is 0 Å². The van der Waals surface area contributed by atoms with Crippen LogP contribution in [0.1, 0.15) is 20.8 Å². The second kappa shape index (κ2) is 336. The van der Waals surface area contributed by atoms with E-state index in [0.29, 0.717) is 0 Å². The van der Waals surface area contributed by atoms with E-state index in [0.717, 1.165) is 0 Å². The Bertz CT molecular complexity index is 4.35. The van der Waals surface area contributed by atoms with E-state index in [1.54, 1.807) is 20.8 Å². The summed E-state index contributed by atoms with van der Waals surface area (Å²) in [5.74, 6) is 0. The van der Waals surface area contributed by atoms with Gasteiger partial charge >= 0.3 is 0 Å². The second-order valence-corrected chi connectivity index (χ2v) is 0. The van der Waals surface area contributed by atoms with Crippen LogP contribution in [-0.4, -0.2) is 0 Å². The van der Waals surface area contributed by atoms with Gasteiger partial charge in [0.1, 0.15) is 0 Å². The smallest absolute Gasteiger partial charge is 0 e. The molecule has 0 bridgehead atoms. The van der Waals surface area contributed by atoms with Gasteiger partial charge in [-0.1, -0.05) is 0 Å².